The third-order valence-corrected chi connectivity index (χ3v) is 3.63. The maximum absolute atomic E-state index is 11.1. The van der Waals surface area contributed by atoms with E-state index in [9.17, 15) is 10.1 Å². The summed E-state index contributed by atoms with van der Waals surface area (Å²) in [6.07, 6.45) is 0. The van der Waals surface area contributed by atoms with Gasteiger partial charge in [0.1, 0.15) is 6.61 Å². The minimum atomic E-state index is -0.484. The van der Waals surface area contributed by atoms with Gasteiger partial charge in [-0.05, 0) is 30.2 Å². The van der Waals surface area contributed by atoms with Crippen molar-refractivity contribution in [1.82, 2.24) is 0 Å². The van der Waals surface area contributed by atoms with Gasteiger partial charge in [-0.2, -0.15) is 0 Å². The summed E-state index contributed by atoms with van der Waals surface area (Å²) in [4.78, 5) is 10.6. The second kappa shape index (κ2) is 6.78. The standard InChI is InChI=1S/C15H13Cl2NO3/c1-10-2-4-12(13(17)6-10)9-21-15-5-3-11(8-16)7-14(15)18(19)20/h2-7H,8-9H2,1H3. The van der Waals surface area contributed by atoms with Crippen molar-refractivity contribution >= 4 is 28.9 Å². The van der Waals surface area contributed by atoms with Gasteiger partial charge >= 0.3 is 5.69 Å². The molecule has 6 heteroatoms. The fourth-order valence-corrected chi connectivity index (χ4v) is 2.29. The van der Waals surface area contributed by atoms with Crippen LogP contribution in [0.15, 0.2) is 36.4 Å². The highest BCUT2D eigenvalue weighted by Gasteiger charge is 2.16. The number of hydrogen-bond acceptors (Lipinski definition) is 3. The van der Waals surface area contributed by atoms with Crippen LogP contribution in [0.5, 0.6) is 5.75 Å². The first-order valence-corrected chi connectivity index (χ1v) is 7.13. The number of nitro groups is 1. The van der Waals surface area contributed by atoms with E-state index >= 15 is 0 Å². The lowest BCUT2D eigenvalue weighted by atomic mass is 10.1. The van der Waals surface area contributed by atoms with E-state index in [2.05, 4.69) is 0 Å². The number of halogens is 2. The molecule has 0 aliphatic rings. The van der Waals surface area contributed by atoms with Crippen LogP contribution in [-0.4, -0.2) is 4.92 Å². The molecule has 0 spiro atoms. The number of ether oxygens (including phenoxy) is 1. The largest absolute Gasteiger partial charge is 0.482 e. The van der Waals surface area contributed by atoms with Gasteiger partial charge in [0.05, 0.1) is 4.92 Å². The molecule has 4 nitrogen and oxygen atoms in total. The van der Waals surface area contributed by atoms with Gasteiger partial charge in [-0.3, -0.25) is 10.1 Å². The highest BCUT2D eigenvalue weighted by atomic mass is 35.5. The van der Waals surface area contributed by atoms with Crippen LogP contribution in [0.2, 0.25) is 5.02 Å². The zero-order valence-electron chi connectivity index (χ0n) is 11.3. The molecule has 0 amide bonds. The second-order valence-corrected chi connectivity index (χ2v) is 5.25. The first-order chi connectivity index (χ1) is 10.0. The minimum Gasteiger partial charge on any atom is -0.482 e. The molecule has 0 bridgehead atoms. The number of nitrogens with zero attached hydrogens (tertiary/aromatic N) is 1. The number of hydrogen-bond donors (Lipinski definition) is 0. The van der Waals surface area contributed by atoms with Gasteiger partial charge in [0.15, 0.2) is 5.75 Å². The van der Waals surface area contributed by atoms with E-state index in [4.69, 9.17) is 27.9 Å². The van der Waals surface area contributed by atoms with Gasteiger partial charge in [-0.15, -0.1) is 11.6 Å². The number of alkyl halides is 1. The molecule has 0 unspecified atom stereocenters. The highest BCUT2D eigenvalue weighted by molar-refractivity contribution is 6.31. The van der Waals surface area contributed by atoms with E-state index in [1.807, 2.05) is 25.1 Å². The molecule has 21 heavy (non-hydrogen) atoms. The normalized spacial score (nSPS) is 10.4. The van der Waals surface area contributed by atoms with E-state index in [1.165, 1.54) is 6.07 Å². The van der Waals surface area contributed by atoms with Crippen LogP contribution in [0.4, 0.5) is 5.69 Å². The molecule has 0 atom stereocenters. The average Bonchev–Trinajstić information content (AvgIpc) is 2.46. The van der Waals surface area contributed by atoms with Crippen molar-refractivity contribution in [2.75, 3.05) is 0 Å². The molecule has 0 saturated heterocycles. The molecule has 0 aromatic heterocycles. The zero-order chi connectivity index (χ0) is 15.4. The second-order valence-electron chi connectivity index (χ2n) is 4.58. The van der Waals surface area contributed by atoms with Crippen LogP contribution in [0, 0.1) is 17.0 Å². The van der Waals surface area contributed by atoms with Gasteiger partial charge in [0, 0.05) is 22.5 Å². The van der Waals surface area contributed by atoms with Crippen molar-refractivity contribution < 1.29 is 9.66 Å². The highest BCUT2D eigenvalue weighted by Crippen LogP contribution is 2.30. The van der Waals surface area contributed by atoms with Crippen molar-refractivity contribution in [1.29, 1.82) is 0 Å². The Hall–Kier alpha value is -1.78. The number of aryl methyl sites for hydroxylation is 1. The smallest absolute Gasteiger partial charge is 0.311 e. The van der Waals surface area contributed by atoms with Crippen LogP contribution in [0.25, 0.3) is 0 Å². The molecule has 2 aromatic rings. The maximum Gasteiger partial charge on any atom is 0.311 e. The van der Waals surface area contributed by atoms with Gasteiger partial charge < -0.3 is 4.74 Å². The van der Waals surface area contributed by atoms with E-state index in [-0.39, 0.29) is 23.9 Å². The Labute approximate surface area is 132 Å². The van der Waals surface area contributed by atoms with Crippen molar-refractivity contribution in [2.45, 2.75) is 19.4 Å². The molecule has 0 radical (unpaired) electrons. The van der Waals surface area contributed by atoms with Gasteiger partial charge in [0.25, 0.3) is 0 Å². The van der Waals surface area contributed by atoms with Gasteiger partial charge in [-0.1, -0.05) is 29.8 Å². The summed E-state index contributed by atoms with van der Waals surface area (Å²) >= 11 is 11.8. The summed E-state index contributed by atoms with van der Waals surface area (Å²) in [5.74, 6) is 0.413. The molecule has 0 heterocycles. The summed E-state index contributed by atoms with van der Waals surface area (Å²) in [5, 5.41) is 11.6. The predicted molar refractivity (Wildman–Crippen MR) is 83.2 cm³/mol. The van der Waals surface area contributed by atoms with E-state index in [1.54, 1.807) is 12.1 Å². The van der Waals surface area contributed by atoms with Crippen molar-refractivity contribution in [3.63, 3.8) is 0 Å². The Morgan fingerprint density at radius 3 is 2.62 bits per heavy atom. The molecule has 0 aliphatic carbocycles. The third kappa shape index (κ3) is 3.86. The third-order valence-electron chi connectivity index (χ3n) is 2.97. The number of benzene rings is 2. The summed E-state index contributed by atoms with van der Waals surface area (Å²) < 4.78 is 5.54. The van der Waals surface area contributed by atoms with Crippen LogP contribution in [0.1, 0.15) is 16.7 Å². The summed E-state index contributed by atoms with van der Waals surface area (Å²) in [5.41, 5.74) is 2.39. The summed E-state index contributed by atoms with van der Waals surface area (Å²) in [6, 6.07) is 10.3. The lowest BCUT2D eigenvalue weighted by Crippen LogP contribution is -2.00. The number of rotatable bonds is 5. The number of nitro benzene ring substituents is 1. The average molecular weight is 326 g/mol. The molecule has 0 N–H and O–H groups in total. The van der Waals surface area contributed by atoms with Gasteiger partial charge in [-0.25, -0.2) is 0 Å². The van der Waals surface area contributed by atoms with Crippen molar-refractivity contribution in [3.05, 3.63) is 68.2 Å². The van der Waals surface area contributed by atoms with E-state index in [0.717, 1.165) is 11.1 Å². The lowest BCUT2D eigenvalue weighted by molar-refractivity contribution is -0.386. The molecule has 2 aromatic carbocycles. The minimum absolute atomic E-state index is 0.101. The predicted octanol–water partition coefficient (Wildman–Crippen LogP) is 4.87. The maximum atomic E-state index is 11.1. The lowest BCUT2D eigenvalue weighted by Gasteiger charge is -2.09. The van der Waals surface area contributed by atoms with Crippen LogP contribution < -0.4 is 4.74 Å². The monoisotopic (exact) mass is 325 g/mol. The van der Waals surface area contributed by atoms with Crippen molar-refractivity contribution in [3.8, 4) is 5.75 Å². The molecule has 0 fully saturated rings. The molecular formula is C15H13Cl2NO3. The Morgan fingerprint density at radius 1 is 1.24 bits per heavy atom. The summed E-state index contributed by atoms with van der Waals surface area (Å²) in [6.45, 7) is 2.10. The fraction of sp³-hybridized carbons (Fsp3) is 0.200. The first kappa shape index (κ1) is 15.6. The van der Waals surface area contributed by atoms with Crippen LogP contribution >= 0.6 is 23.2 Å². The molecule has 0 saturated carbocycles. The Bertz CT molecular complexity index is 674. The quantitative estimate of drug-likeness (QED) is 0.447. The van der Waals surface area contributed by atoms with Gasteiger partial charge in [0.2, 0.25) is 0 Å². The van der Waals surface area contributed by atoms with Crippen LogP contribution in [-0.2, 0) is 12.5 Å². The van der Waals surface area contributed by atoms with Crippen molar-refractivity contribution in [2.24, 2.45) is 0 Å². The van der Waals surface area contributed by atoms with E-state index < -0.39 is 4.92 Å². The fourth-order valence-electron chi connectivity index (χ4n) is 1.84. The topological polar surface area (TPSA) is 52.4 Å². The van der Waals surface area contributed by atoms with Crippen LogP contribution in [0.3, 0.4) is 0 Å². The Kier molecular flexibility index (Phi) is 5.04. The first-order valence-electron chi connectivity index (χ1n) is 6.22. The Balaban J connectivity index is 2.21. The van der Waals surface area contributed by atoms with E-state index in [0.29, 0.717) is 10.6 Å². The SMILES string of the molecule is Cc1ccc(COc2ccc(CCl)cc2[N+](=O)[O-])c(Cl)c1. The molecule has 0 aliphatic heterocycles. The molecular weight excluding hydrogens is 313 g/mol. The Morgan fingerprint density at radius 2 is 2.00 bits per heavy atom. The molecule has 110 valence electrons. The summed E-state index contributed by atoms with van der Waals surface area (Å²) in [7, 11) is 0. The molecule has 2 rings (SSSR count). The zero-order valence-corrected chi connectivity index (χ0v) is 12.8.